The molecule has 1 N–H and O–H groups in total. The van der Waals surface area contributed by atoms with Gasteiger partial charge in [0.15, 0.2) is 0 Å². The van der Waals surface area contributed by atoms with Gasteiger partial charge in [-0.2, -0.15) is 13.2 Å². The van der Waals surface area contributed by atoms with E-state index in [1.807, 2.05) is 0 Å². The second kappa shape index (κ2) is 10.2. The third-order valence-corrected chi connectivity index (χ3v) is 6.20. The van der Waals surface area contributed by atoms with Gasteiger partial charge in [-0.05, 0) is 51.4 Å². The quantitative estimate of drug-likeness (QED) is 0.719. The van der Waals surface area contributed by atoms with Crippen molar-refractivity contribution >= 4 is 17.7 Å². The van der Waals surface area contributed by atoms with Crippen LogP contribution in [0, 0.1) is 12.8 Å². The Balaban J connectivity index is 0.000000383. The third-order valence-electron chi connectivity index (χ3n) is 6.20. The zero-order valence-electron chi connectivity index (χ0n) is 19.1. The highest BCUT2D eigenvalue weighted by molar-refractivity contribution is 5.80. The van der Waals surface area contributed by atoms with E-state index in [1.165, 1.54) is 12.8 Å². The predicted molar refractivity (Wildman–Crippen MR) is 114 cm³/mol. The second-order valence-corrected chi connectivity index (χ2v) is 9.10. The zero-order valence-corrected chi connectivity index (χ0v) is 19.1. The minimum Gasteiger partial charge on any atom is -0.475 e. The highest BCUT2D eigenvalue weighted by atomic mass is 19.4. The number of likely N-dealkylation sites (N-methyl/N-ethyl adjacent to an activating group) is 1. The number of ether oxygens (including phenoxy) is 1. The molecule has 0 aromatic carbocycles. The summed E-state index contributed by atoms with van der Waals surface area (Å²) in [7, 11) is 3.61. The minimum absolute atomic E-state index is 0.106. The molecule has 33 heavy (non-hydrogen) atoms. The molecule has 1 aromatic rings. The van der Waals surface area contributed by atoms with Gasteiger partial charge in [-0.25, -0.2) is 14.8 Å². The number of carbonyl (C=O) groups is 2. The number of hydrogen-bond acceptors (Lipinski definition) is 6. The van der Waals surface area contributed by atoms with E-state index in [1.54, 1.807) is 19.0 Å². The van der Waals surface area contributed by atoms with Gasteiger partial charge in [-0.15, -0.1) is 0 Å². The molecule has 1 amide bonds. The van der Waals surface area contributed by atoms with Crippen molar-refractivity contribution in [1.29, 1.82) is 0 Å². The van der Waals surface area contributed by atoms with Gasteiger partial charge >= 0.3 is 12.1 Å². The number of rotatable bonds is 4. The van der Waals surface area contributed by atoms with Crippen molar-refractivity contribution in [2.45, 2.75) is 69.8 Å². The molecule has 2 saturated heterocycles. The second-order valence-electron chi connectivity index (χ2n) is 9.10. The Morgan fingerprint density at radius 1 is 1.09 bits per heavy atom. The fraction of sp³-hybridized carbons (Fsp3) is 0.727. The van der Waals surface area contributed by atoms with Crippen molar-refractivity contribution in [2.24, 2.45) is 5.92 Å². The van der Waals surface area contributed by atoms with Crippen molar-refractivity contribution in [1.82, 2.24) is 14.9 Å². The Morgan fingerprint density at radius 2 is 1.70 bits per heavy atom. The number of alkyl halides is 3. The lowest BCUT2D eigenvalue weighted by Gasteiger charge is -2.35. The summed E-state index contributed by atoms with van der Waals surface area (Å²) in [4.78, 5) is 34.5. The topological polar surface area (TPSA) is 95.9 Å². The summed E-state index contributed by atoms with van der Waals surface area (Å²) in [5.41, 5.74) is 1.07. The van der Waals surface area contributed by atoms with E-state index in [9.17, 15) is 18.0 Å². The van der Waals surface area contributed by atoms with Gasteiger partial charge in [0.25, 0.3) is 5.91 Å². The SMILES string of the molecule is Cc1cc(N2CCC([C@@H]3CC[C@H](C(=O)N(C)C)O3)CC2)nc(C2CC2)n1.O=C(O)C(F)(F)F. The van der Waals surface area contributed by atoms with Crippen molar-refractivity contribution < 1.29 is 32.6 Å². The van der Waals surface area contributed by atoms with Gasteiger partial charge in [-0.1, -0.05) is 0 Å². The van der Waals surface area contributed by atoms with Gasteiger partial charge in [0.1, 0.15) is 17.7 Å². The van der Waals surface area contributed by atoms with E-state index in [0.717, 1.165) is 56.1 Å². The number of piperidine rings is 1. The first-order chi connectivity index (χ1) is 15.5. The average molecular weight is 473 g/mol. The number of anilines is 1. The maximum absolute atomic E-state index is 12.1. The first kappa shape index (κ1) is 25.2. The molecule has 4 rings (SSSR count). The van der Waals surface area contributed by atoms with Crippen LogP contribution in [0.1, 0.15) is 56.0 Å². The molecular weight excluding hydrogens is 441 g/mol. The molecule has 2 atom stereocenters. The van der Waals surface area contributed by atoms with E-state index in [-0.39, 0.29) is 18.1 Å². The Kier molecular flexibility index (Phi) is 7.81. The Morgan fingerprint density at radius 3 is 2.21 bits per heavy atom. The molecule has 8 nitrogen and oxygen atoms in total. The summed E-state index contributed by atoms with van der Waals surface area (Å²) in [5.74, 6) is 0.611. The van der Waals surface area contributed by atoms with E-state index >= 15 is 0 Å². The Bertz CT molecular complexity index is 853. The Hall–Kier alpha value is -2.43. The fourth-order valence-corrected chi connectivity index (χ4v) is 4.24. The van der Waals surface area contributed by atoms with Crippen LogP contribution in [0.4, 0.5) is 19.0 Å². The number of hydrogen-bond donors (Lipinski definition) is 1. The molecule has 184 valence electrons. The number of carboxylic acid groups (broad SMARTS) is 1. The van der Waals surface area contributed by atoms with Crippen molar-refractivity contribution in [3.8, 4) is 0 Å². The molecule has 1 aromatic heterocycles. The number of halogens is 3. The third kappa shape index (κ3) is 6.78. The highest BCUT2D eigenvalue weighted by Crippen LogP contribution is 2.39. The summed E-state index contributed by atoms with van der Waals surface area (Å²) >= 11 is 0. The molecule has 0 spiro atoms. The van der Waals surface area contributed by atoms with Crippen LogP contribution in [0.3, 0.4) is 0 Å². The molecule has 3 fully saturated rings. The van der Waals surface area contributed by atoms with Crippen molar-refractivity contribution in [3.05, 3.63) is 17.6 Å². The molecular formula is C22H31F3N4O4. The maximum atomic E-state index is 12.1. The summed E-state index contributed by atoms with van der Waals surface area (Å²) < 4.78 is 37.8. The van der Waals surface area contributed by atoms with E-state index in [0.29, 0.717) is 11.8 Å². The van der Waals surface area contributed by atoms with Crippen LogP contribution in [0.5, 0.6) is 0 Å². The van der Waals surface area contributed by atoms with Crippen LogP contribution in [-0.4, -0.2) is 77.4 Å². The van der Waals surface area contributed by atoms with E-state index < -0.39 is 12.1 Å². The van der Waals surface area contributed by atoms with Gasteiger partial charge in [-0.3, -0.25) is 4.79 Å². The number of aryl methyl sites for hydroxylation is 1. The molecule has 0 bridgehead atoms. The number of carboxylic acids is 1. The lowest BCUT2D eigenvalue weighted by atomic mass is 9.89. The summed E-state index contributed by atoms with van der Waals surface area (Å²) in [6.07, 6.45) is 1.46. The van der Waals surface area contributed by atoms with Crippen LogP contribution in [0.15, 0.2) is 6.07 Å². The van der Waals surface area contributed by atoms with Crippen LogP contribution >= 0.6 is 0 Å². The largest absolute Gasteiger partial charge is 0.490 e. The lowest BCUT2D eigenvalue weighted by molar-refractivity contribution is -0.192. The monoisotopic (exact) mass is 472 g/mol. The summed E-state index contributed by atoms with van der Waals surface area (Å²) in [6, 6.07) is 2.12. The van der Waals surface area contributed by atoms with Crippen molar-refractivity contribution in [2.75, 3.05) is 32.1 Å². The lowest BCUT2D eigenvalue weighted by Crippen LogP contribution is -2.39. The molecule has 1 saturated carbocycles. The summed E-state index contributed by atoms with van der Waals surface area (Å²) in [5, 5.41) is 7.12. The number of aliphatic carboxylic acids is 1. The highest BCUT2D eigenvalue weighted by Gasteiger charge is 2.39. The number of amides is 1. The molecule has 3 aliphatic rings. The molecule has 3 heterocycles. The first-order valence-electron chi connectivity index (χ1n) is 11.2. The number of nitrogens with zero attached hydrogens (tertiary/aromatic N) is 4. The van der Waals surface area contributed by atoms with E-state index in [2.05, 4.69) is 22.9 Å². The molecule has 2 aliphatic heterocycles. The zero-order chi connectivity index (χ0) is 24.3. The number of aromatic nitrogens is 2. The molecule has 0 radical (unpaired) electrons. The standard InChI is InChI=1S/C20H30N4O2.C2HF3O2/c1-13-12-18(22-19(21-13)15-4-5-15)24-10-8-14(9-11-24)16-6-7-17(26-16)20(25)23(2)3;3-2(4,5)1(6)7/h12,14-17H,4-11H2,1-3H3;(H,6,7)/t16-,17+;/m0./s1. The molecule has 0 unspecified atom stereocenters. The van der Waals surface area contributed by atoms with Crippen LogP contribution in [0.25, 0.3) is 0 Å². The smallest absolute Gasteiger partial charge is 0.475 e. The van der Waals surface area contributed by atoms with Crippen LogP contribution in [0.2, 0.25) is 0 Å². The van der Waals surface area contributed by atoms with Gasteiger partial charge in [0.05, 0.1) is 6.10 Å². The Labute approximate surface area is 191 Å². The minimum atomic E-state index is -5.08. The number of carbonyl (C=O) groups excluding carboxylic acids is 1. The molecule has 1 aliphatic carbocycles. The average Bonchev–Trinajstić information content (AvgIpc) is 3.49. The van der Waals surface area contributed by atoms with Crippen molar-refractivity contribution in [3.63, 3.8) is 0 Å². The van der Waals surface area contributed by atoms with E-state index in [4.69, 9.17) is 19.6 Å². The normalized spacial score (nSPS) is 23.6. The fourth-order valence-electron chi connectivity index (χ4n) is 4.24. The summed E-state index contributed by atoms with van der Waals surface area (Å²) in [6.45, 7) is 4.09. The maximum Gasteiger partial charge on any atom is 0.490 e. The predicted octanol–water partition coefficient (Wildman–Crippen LogP) is 3.15. The van der Waals surface area contributed by atoms with Crippen LogP contribution in [-0.2, 0) is 14.3 Å². The van der Waals surface area contributed by atoms with Crippen LogP contribution < -0.4 is 4.90 Å². The van der Waals surface area contributed by atoms with Gasteiger partial charge < -0.3 is 19.6 Å². The molecule has 11 heteroatoms. The van der Waals surface area contributed by atoms with Gasteiger partial charge in [0, 0.05) is 44.9 Å². The first-order valence-corrected chi connectivity index (χ1v) is 11.2. The van der Waals surface area contributed by atoms with Gasteiger partial charge in [0.2, 0.25) is 0 Å².